The highest BCUT2D eigenvalue weighted by molar-refractivity contribution is 9.13. The van der Waals surface area contributed by atoms with Crippen LogP contribution >= 0.6 is 55.8 Å². The first-order valence-corrected chi connectivity index (χ1v) is 8.65. The molecule has 3 nitrogen and oxygen atoms in total. The standard InChI is InChI=1S/C14H7Br2NO2S2/c15-10-6-9(19-12(10)16)7-11-13(18)17(14(20)21-11)8-4-2-1-3-5-8/h1-7H/b11-7+. The Labute approximate surface area is 147 Å². The van der Waals surface area contributed by atoms with Crippen LogP contribution in [0.25, 0.3) is 6.08 Å². The third kappa shape index (κ3) is 3.01. The first kappa shape index (κ1) is 15.0. The Morgan fingerprint density at radius 3 is 2.57 bits per heavy atom. The third-order valence-electron chi connectivity index (χ3n) is 2.75. The molecular formula is C14H7Br2NO2S2. The Morgan fingerprint density at radius 1 is 1.24 bits per heavy atom. The van der Waals surface area contributed by atoms with E-state index < -0.39 is 0 Å². The molecule has 0 N–H and O–H groups in total. The summed E-state index contributed by atoms with van der Waals surface area (Å²) in [6.07, 6.45) is 1.69. The molecule has 1 fully saturated rings. The summed E-state index contributed by atoms with van der Waals surface area (Å²) in [7, 11) is 0. The summed E-state index contributed by atoms with van der Waals surface area (Å²) in [6, 6.07) is 11.1. The number of rotatable bonds is 2. The van der Waals surface area contributed by atoms with Crippen molar-refractivity contribution in [3.05, 3.63) is 56.2 Å². The topological polar surface area (TPSA) is 33.5 Å². The van der Waals surface area contributed by atoms with Crippen LogP contribution in [0.15, 0.2) is 54.9 Å². The Balaban J connectivity index is 1.93. The number of carbonyl (C=O) groups excluding carboxylic acids is 1. The summed E-state index contributed by atoms with van der Waals surface area (Å²) in [5.41, 5.74) is 0.769. The average molecular weight is 445 g/mol. The molecule has 0 bridgehead atoms. The van der Waals surface area contributed by atoms with Gasteiger partial charge in [-0.1, -0.05) is 42.2 Å². The molecular weight excluding hydrogens is 438 g/mol. The fourth-order valence-corrected chi connectivity index (χ4v) is 3.72. The SMILES string of the molecule is O=C1/C(=C\c2cc(Br)c(Br)o2)SC(=S)N1c1ccccc1. The monoisotopic (exact) mass is 443 g/mol. The number of halogens is 2. The van der Waals surface area contributed by atoms with Crippen molar-refractivity contribution in [1.29, 1.82) is 0 Å². The number of benzene rings is 1. The summed E-state index contributed by atoms with van der Waals surface area (Å²) in [4.78, 5) is 14.6. The van der Waals surface area contributed by atoms with Crippen molar-refractivity contribution in [2.24, 2.45) is 0 Å². The lowest BCUT2D eigenvalue weighted by Gasteiger charge is -2.13. The number of carbonyl (C=O) groups is 1. The first-order chi connectivity index (χ1) is 10.1. The summed E-state index contributed by atoms with van der Waals surface area (Å²) in [5.74, 6) is 0.446. The van der Waals surface area contributed by atoms with Crippen molar-refractivity contribution >= 4 is 77.8 Å². The fourth-order valence-electron chi connectivity index (χ4n) is 1.83. The van der Waals surface area contributed by atoms with Gasteiger partial charge in [-0.15, -0.1) is 0 Å². The summed E-state index contributed by atoms with van der Waals surface area (Å²) in [6.45, 7) is 0. The normalized spacial score (nSPS) is 17.0. The molecule has 0 radical (unpaired) electrons. The minimum atomic E-state index is -0.139. The number of nitrogens with zero attached hydrogens (tertiary/aromatic N) is 1. The van der Waals surface area contributed by atoms with E-state index in [1.54, 1.807) is 12.1 Å². The number of anilines is 1. The van der Waals surface area contributed by atoms with Crippen LogP contribution in [0.3, 0.4) is 0 Å². The van der Waals surface area contributed by atoms with E-state index in [9.17, 15) is 4.79 Å². The molecule has 7 heteroatoms. The molecule has 0 unspecified atom stereocenters. The minimum absolute atomic E-state index is 0.139. The molecule has 1 aromatic carbocycles. The van der Waals surface area contributed by atoms with E-state index >= 15 is 0 Å². The fraction of sp³-hybridized carbons (Fsp3) is 0. The van der Waals surface area contributed by atoms with Gasteiger partial charge in [-0.2, -0.15) is 0 Å². The molecule has 1 saturated heterocycles. The highest BCUT2D eigenvalue weighted by Gasteiger charge is 2.33. The second-order valence-electron chi connectivity index (χ2n) is 4.12. The van der Waals surface area contributed by atoms with E-state index in [1.807, 2.05) is 30.3 Å². The lowest BCUT2D eigenvalue weighted by atomic mass is 10.3. The number of amides is 1. The zero-order valence-electron chi connectivity index (χ0n) is 10.4. The lowest BCUT2D eigenvalue weighted by molar-refractivity contribution is -0.113. The Bertz CT molecular complexity index is 736. The molecule has 0 aliphatic carbocycles. The smallest absolute Gasteiger partial charge is 0.270 e. The van der Waals surface area contributed by atoms with Crippen molar-refractivity contribution in [1.82, 2.24) is 0 Å². The molecule has 1 amide bonds. The van der Waals surface area contributed by atoms with Gasteiger partial charge < -0.3 is 4.42 Å². The zero-order chi connectivity index (χ0) is 15.0. The first-order valence-electron chi connectivity index (χ1n) is 5.84. The van der Waals surface area contributed by atoms with Crippen LogP contribution in [0.4, 0.5) is 5.69 Å². The van der Waals surface area contributed by atoms with E-state index in [1.165, 1.54) is 16.7 Å². The molecule has 2 aromatic rings. The van der Waals surface area contributed by atoms with Crippen LogP contribution in [0.1, 0.15) is 5.76 Å². The predicted octanol–water partition coefficient (Wildman–Crippen LogP) is 5.21. The highest BCUT2D eigenvalue weighted by Crippen LogP contribution is 2.37. The number of thioether (sulfide) groups is 1. The molecule has 0 spiro atoms. The lowest BCUT2D eigenvalue weighted by Crippen LogP contribution is -2.27. The van der Waals surface area contributed by atoms with Crippen LogP contribution in [-0.4, -0.2) is 10.2 Å². The van der Waals surface area contributed by atoms with Gasteiger partial charge in [0.15, 0.2) is 8.99 Å². The highest BCUT2D eigenvalue weighted by atomic mass is 79.9. The quantitative estimate of drug-likeness (QED) is 0.470. The predicted molar refractivity (Wildman–Crippen MR) is 96.2 cm³/mol. The van der Waals surface area contributed by atoms with Crippen molar-refractivity contribution in [3.8, 4) is 0 Å². The number of para-hydroxylation sites is 1. The largest absolute Gasteiger partial charge is 0.449 e. The summed E-state index contributed by atoms with van der Waals surface area (Å²) >= 11 is 13.2. The van der Waals surface area contributed by atoms with Crippen LogP contribution in [0, 0.1) is 0 Å². The third-order valence-corrected chi connectivity index (χ3v) is 5.76. The molecule has 0 saturated carbocycles. The van der Waals surface area contributed by atoms with Crippen molar-refractivity contribution in [2.45, 2.75) is 0 Å². The summed E-state index contributed by atoms with van der Waals surface area (Å²) < 4.78 is 7.37. The van der Waals surface area contributed by atoms with Gasteiger partial charge in [0.25, 0.3) is 5.91 Å². The van der Waals surface area contributed by atoms with Gasteiger partial charge in [-0.25, -0.2) is 0 Å². The Kier molecular flexibility index (Phi) is 4.35. The Hall–Kier alpha value is -0.890. The van der Waals surface area contributed by atoms with E-state index in [2.05, 4.69) is 31.9 Å². The van der Waals surface area contributed by atoms with Crippen LogP contribution in [-0.2, 0) is 4.79 Å². The van der Waals surface area contributed by atoms with Gasteiger partial charge in [0.1, 0.15) is 5.76 Å². The number of furan rings is 1. The van der Waals surface area contributed by atoms with Crippen molar-refractivity contribution < 1.29 is 9.21 Å². The van der Waals surface area contributed by atoms with Gasteiger partial charge >= 0.3 is 0 Å². The molecule has 0 atom stereocenters. The van der Waals surface area contributed by atoms with E-state index in [0.29, 0.717) is 19.7 Å². The molecule has 106 valence electrons. The second-order valence-corrected chi connectivity index (χ2v) is 7.37. The van der Waals surface area contributed by atoms with Gasteiger partial charge in [0.2, 0.25) is 0 Å². The molecule has 1 aromatic heterocycles. The molecule has 1 aliphatic rings. The van der Waals surface area contributed by atoms with Crippen LogP contribution in [0.2, 0.25) is 0 Å². The number of hydrogen-bond donors (Lipinski definition) is 0. The molecule has 2 heterocycles. The van der Waals surface area contributed by atoms with Gasteiger partial charge in [0, 0.05) is 6.08 Å². The number of thiocarbonyl (C=S) groups is 1. The van der Waals surface area contributed by atoms with Crippen LogP contribution < -0.4 is 4.90 Å². The zero-order valence-corrected chi connectivity index (χ0v) is 15.2. The van der Waals surface area contributed by atoms with Gasteiger partial charge in [0.05, 0.1) is 15.1 Å². The van der Waals surface area contributed by atoms with Crippen LogP contribution in [0.5, 0.6) is 0 Å². The van der Waals surface area contributed by atoms with Crippen molar-refractivity contribution in [2.75, 3.05) is 4.90 Å². The minimum Gasteiger partial charge on any atom is -0.449 e. The number of hydrogen-bond acceptors (Lipinski definition) is 4. The van der Waals surface area contributed by atoms with E-state index in [4.69, 9.17) is 16.6 Å². The second kappa shape index (κ2) is 6.08. The van der Waals surface area contributed by atoms with Gasteiger partial charge in [-0.05, 0) is 50.1 Å². The Morgan fingerprint density at radius 2 is 1.95 bits per heavy atom. The maximum atomic E-state index is 12.5. The maximum Gasteiger partial charge on any atom is 0.270 e. The molecule has 21 heavy (non-hydrogen) atoms. The molecule has 3 rings (SSSR count). The maximum absolute atomic E-state index is 12.5. The average Bonchev–Trinajstić information content (AvgIpc) is 2.91. The van der Waals surface area contributed by atoms with E-state index in [-0.39, 0.29) is 5.91 Å². The summed E-state index contributed by atoms with van der Waals surface area (Å²) in [5, 5.41) is 0. The molecule has 1 aliphatic heterocycles. The van der Waals surface area contributed by atoms with Crippen molar-refractivity contribution in [3.63, 3.8) is 0 Å². The van der Waals surface area contributed by atoms with E-state index in [0.717, 1.165) is 10.2 Å². The van der Waals surface area contributed by atoms with Gasteiger partial charge in [-0.3, -0.25) is 9.69 Å².